The summed E-state index contributed by atoms with van der Waals surface area (Å²) in [4.78, 5) is 0. The molecule has 0 nitrogen and oxygen atoms in total. The van der Waals surface area contributed by atoms with Crippen molar-refractivity contribution >= 4 is 46.7 Å². The van der Waals surface area contributed by atoms with Crippen molar-refractivity contribution in [2.75, 3.05) is 23.0 Å². The van der Waals surface area contributed by atoms with Gasteiger partial charge in [0.25, 0.3) is 0 Å². The summed E-state index contributed by atoms with van der Waals surface area (Å²) in [6, 6.07) is 0. The summed E-state index contributed by atoms with van der Waals surface area (Å²) in [5.41, 5.74) is 0. The van der Waals surface area contributed by atoms with E-state index in [1.807, 2.05) is 23.5 Å². The fourth-order valence-electron chi connectivity index (χ4n) is 0.774. The second-order valence-electron chi connectivity index (χ2n) is 2.85. The Morgan fingerprint density at radius 3 is 1.50 bits per heavy atom. The lowest BCUT2D eigenvalue weighted by atomic mass is 10.4. The van der Waals surface area contributed by atoms with Crippen LogP contribution in [0.4, 0.5) is 0 Å². The molecule has 0 aliphatic heterocycles. The summed E-state index contributed by atoms with van der Waals surface area (Å²) in [6.45, 7) is 7.28. The van der Waals surface area contributed by atoms with E-state index in [-0.39, 0.29) is 0 Å². The SMILES string of the molecule is C=C(Cl)CSCCCCSCC(=C)Cl. The fraction of sp³-hybridized carbons (Fsp3) is 0.600. The van der Waals surface area contributed by atoms with E-state index >= 15 is 0 Å². The Hall–Kier alpha value is 0.760. The van der Waals surface area contributed by atoms with Gasteiger partial charge in [-0.05, 0) is 24.3 Å². The minimum Gasteiger partial charge on any atom is -0.156 e. The molecule has 0 saturated heterocycles. The molecule has 0 fully saturated rings. The molecule has 0 heterocycles. The lowest BCUT2D eigenvalue weighted by Crippen LogP contribution is -1.87. The topological polar surface area (TPSA) is 0 Å². The first-order valence-electron chi connectivity index (χ1n) is 4.45. The summed E-state index contributed by atoms with van der Waals surface area (Å²) in [6.07, 6.45) is 2.47. The van der Waals surface area contributed by atoms with Gasteiger partial charge in [0.2, 0.25) is 0 Å². The van der Waals surface area contributed by atoms with Crippen LogP contribution in [-0.4, -0.2) is 23.0 Å². The van der Waals surface area contributed by atoms with Crippen LogP contribution in [0.3, 0.4) is 0 Å². The molecule has 4 heteroatoms. The third-order valence-electron chi connectivity index (χ3n) is 1.34. The van der Waals surface area contributed by atoms with Gasteiger partial charge < -0.3 is 0 Å². The highest BCUT2D eigenvalue weighted by molar-refractivity contribution is 7.99. The molecule has 0 spiro atoms. The molecule has 0 aliphatic rings. The van der Waals surface area contributed by atoms with Crippen LogP contribution in [0.5, 0.6) is 0 Å². The summed E-state index contributed by atoms with van der Waals surface area (Å²) in [7, 11) is 0. The Morgan fingerprint density at radius 1 is 0.857 bits per heavy atom. The molecular formula is C10H16Cl2S2. The lowest BCUT2D eigenvalue weighted by molar-refractivity contribution is 0.908. The smallest absolute Gasteiger partial charge is 0.0286 e. The fourth-order valence-corrected chi connectivity index (χ4v) is 2.79. The Labute approximate surface area is 105 Å². The summed E-state index contributed by atoms with van der Waals surface area (Å²) < 4.78 is 0. The molecule has 0 unspecified atom stereocenters. The zero-order chi connectivity index (χ0) is 10.8. The number of halogens is 2. The normalized spacial score (nSPS) is 10.1. The van der Waals surface area contributed by atoms with Gasteiger partial charge in [-0.15, -0.1) is 0 Å². The van der Waals surface area contributed by atoms with Gasteiger partial charge in [0.15, 0.2) is 0 Å². The molecule has 0 saturated carbocycles. The van der Waals surface area contributed by atoms with Crippen LogP contribution < -0.4 is 0 Å². The van der Waals surface area contributed by atoms with Crippen LogP contribution in [0.25, 0.3) is 0 Å². The molecule has 0 aliphatic carbocycles. The first kappa shape index (κ1) is 14.8. The summed E-state index contributed by atoms with van der Waals surface area (Å²) in [5.74, 6) is 4.06. The van der Waals surface area contributed by atoms with Crippen molar-refractivity contribution in [1.29, 1.82) is 0 Å². The first-order chi connectivity index (χ1) is 6.63. The molecule has 0 aromatic rings. The maximum atomic E-state index is 5.63. The number of unbranched alkanes of at least 4 members (excludes halogenated alkanes) is 1. The number of hydrogen-bond donors (Lipinski definition) is 0. The lowest BCUT2D eigenvalue weighted by Gasteiger charge is -2.01. The molecule has 14 heavy (non-hydrogen) atoms. The van der Waals surface area contributed by atoms with E-state index in [0.29, 0.717) is 0 Å². The van der Waals surface area contributed by atoms with Crippen LogP contribution in [0.15, 0.2) is 23.2 Å². The Morgan fingerprint density at radius 2 is 1.21 bits per heavy atom. The van der Waals surface area contributed by atoms with Crippen LogP contribution >= 0.6 is 46.7 Å². The highest BCUT2D eigenvalue weighted by Gasteiger charge is 1.93. The molecule has 0 rings (SSSR count). The Balaban J connectivity index is 2.99. The van der Waals surface area contributed by atoms with E-state index in [0.717, 1.165) is 33.1 Å². The molecular weight excluding hydrogens is 255 g/mol. The molecule has 0 bridgehead atoms. The van der Waals surface area contributed by atoms with Gasteiger partial charge in [-0.2, -0.15) is 23.5 Å². The Bertz CT molecular complexity index is 161. The number of hydrogen-bond acceptors (Lipinski definition) is 2. The van der Waals surface area contributed by atoms with E-state index in [1.165, 1.54) is 12.8 Å². The Kier molecular flexibility index (Phi) is 10.8. The highest BCUT2D eigenvalue weighted by Crippen LogP contribution is 2.14. The molecule has 82 valence electrons. The van der Waals surface area contributed by atoms with Crippen LogP contribution in [0.1, 0.15) is 12.8 Å². The van der Waals surface area contributed by atoms with Gasteiger partial charge in [-0.1, -0.05) is 36.4 Å². The molecule has 0 N–H and O–H groups in total. The largest absolute Gasteiger partial charge is 0.156 e. The quantitative estimate of drug-likeness (QED) is 0.556. The van der Waals surface area contributed by atoms with E-state index in [2.05, 4.69) is 13.2 Å². The van der Waals surface area contributed by atoms with Gasteiger partial charge in [0.1, 0.15) is 0 Å². The molecule has 0 radical (unpaired) electrons. The number of thioether (sulfide) groups is 2. The maximum Gasteiger partial charge on any atom is 0.0286 e. The predicted molar refractivity (Wildman–Crippen MR) is 73.9 cm³/mol. The monoisotopic (exact) mass is 270 g/mol. The van der Waals surface area contributed by atoms with E-state index < -0.39 is 0 Å². The van der Waals surface area contributed by atoms with Crippen molar-refractivity contribution in [2.24, 2.45) is 0 Å². The van der Waals surface area contributed by atoms with Crippen molar-refractivity contribution in [1.82, 2.24) is 0 Å². The van der Waals surface area contributed by atoms with Crippen LogP contribution in [0.2, 0.25) is 0 Å². The molecule has 0 aromatic carbocycles. The van der Waals surface area contributed by atoms with E-state index in [4.69, 9.17) is 23.2 Å². The van der Waals surface area contributed by atoms with Crippen molar-refractivity contribution in [2.45, 2.75) is 12.8 Å². The molecule has 0 aromatic heterocycles. The third kappa shape index (κ3) is 12.8. The van der Waals surface area contributed by atoms with Crippen LogP contribution in [0, 0.1) is 0 Å². The highest BCUT2D eigenvalue weighted by atomic mass is 35.5. The third-order valence-corrected chi connectivity index (χ3v) is 4.19. The minimum atomic E-state index is 0.739. The van der Waals surface area contributed by atoms with Crippen LogP contribution in [-0.2, 0) is 0 Å². The van der Waals surface area contributed by atoms with Crippen molar-refractivity contribution in [3.8, 4) is 0 Å². The second-order valence-corrected chi connectivity index (χ2v) is 6.13. The van der Waals surface area contributed by atoms with Gasteiger partial charge in [0.05, 0.1) is 0 Å². The van der Waals surface area contributed by atoms with Gasteiger partial charge in [-0.3, -0.25) is 0 Å². The predicted octanol–water partition coefficient (Wildman–Crippen LogP) is 4.74. The zero-order valence-corrected chi connectivity index (χ0v) is 11.4. The number of rotatable bonds is 9. The van der Waals surface area contributed by atoms with Crippen molar-refractivity contribution in [3.63, 3.8) is 0 Å². The van der Waals surface area contributed by atoms with Gasteiger partial charge in [-0.25, -0.2) is 0 Å². The summed E-state index contributed by atoms with van der Waals surface area (Å²) >= 11 is 14.9. The standard InChI is InChI=1S/C10H16Cl2S2/c1-9(11)7-13-5-3-4-6-14-8-10(2)12/h1-8H2. The van der Waals surface area contributed by atoms with Crippen molar-refractivity contribution < 1.29 is 0 Å². The average Bonchev–Trinajstić information content (AvgIpc) is 2.08. The average molecular weight is 271 g/mol. The molecule has 0 atom stereocenters. The second kappa shape index (κ2) is 10.3. The van der Waals surface area contributed by atoms with Crippen molar-refractivity contribution in [3.05, 3.63) is 23.2 Å². The van der Waals surface area contributed by atoms with Gasteiger partial charge in [0, 0.05) is 21.6 Å². The summed E-state index contributed by atoms with van der Waals surface area (Å²) in [5, 5.41) is 1.48. The van der Waals surface area contributed by atoms with E-state index in [9.17, 15) is 0 Å². The molecule has 0 amide bonds. The zero-order valence-electron chi connectivity index (χ0n) is 8.23. The minimum absolute atomic E-state index is 0.739. The maximum absolute atomic E-state index is 5.63. The first-order valence-corrected chi connectivity index (χ1v) is 7.51. The van der Waals surface area contributed by atoms with E-state index in [1.54, 1.807) is 0 Å². The van der Waals surface area contributed by atoms with Gasteiger partial charge >= 0.3 is 0 Å².